The number of methoxy groups -OCH3 is 1. The molecule has 1 fully saturated rings. The van der Waals surface area contributed by atoms with Crippen LogP contribution in [0.1, 0.15) is 56.4 Å². The number of carboxylic acids is 1. The SMILES string of the molecule is COc1ccc(C)c2c1O[C@H]1C(OC(=O)[C@H](OC(C)=O)[C@@H](OC(C)=O)C(=O)O[C@H](C(=O)O)c3ccccc3)=CC[C@@]3(O)[C@@H](C)N(C)CC[C@]213. The number of hydrogen-bond acceptors (Lipinski definition) is 13. The molecule has 3 aliphatic rings. The smallest absolute Gasteiger partial charge is 0.357 e. The lowest BCUT2D eigenvalue weighted by Crippen LogP contribution is -2.71. The summed E-state index contributed by atoms with van der Waals surface area (Å²) < 4.78 is 33.5. The molecule has 0 bridgehead atoms. The fourth-order valence-corrected chi connectivity index (χ4v) is 7.23. The van der Waals surface area contributed by atoms with Gasteiger partial charge in [-0.3, -0.25) is 9.59 Å². The van der Waals surface area contributed by atoms with Crippen molar-refractivity contribution >= 4 is 29.8 Å². The lowest BCUT2D eigenvalue weighted by molar-refractivity contribution is -0.195. The Morgan fingerprint density at radius 1 is 0.959 bits per heavy atom. The molecule has 5 rings (SSSR count). The number of esters is 4. The molecule has 2 aromatic carbocycles. The van der Waals surface area contributed by atoms with Crippen LogP contribution in [0.15, 0.2) is 54.3 Å². The van der Waals surface area contributed by atoms with Crippen molar-refractivity contribution in [1.82, 2.24) is 4.90 Å². The molecule has 2 aliphatic heterocycles. The monoisotopic (exact) mass is 681 g/mol. The normalized spacial score (nSPS) is 25.8. The van der Waals surface area contributed by atoms with E-state index in [0.717, 1.165) is 19.4 Å². The highest BCUT2D eigenvalue weighted by atomic mass is 16.6. The van der Waals surface area contributed by atoms with Crippen LogP contribution < -0.4 is 9.47 Å². The molecular formula is C35H39NO13. The van der Waals surface area contributed by atoms with E-state index in [0.29, 0.717) is 30.0 Å². The minimum Gasteiger partial charge on any atom is -0.493 e. The highest BCUT2D eigenvalue weighted by Gasteiger charge is 2.69. The van der Waals surface area contributed by atoms with E-state index in [2.05, 4.69) is 0 Å². The summed E-state index contributed by atoms with van der Waals surface area (Å²) in [6.45, 7) is 6.25. The van der Waals surface area contributed by atoms with Gasteiger partial charge in [-0.1, -0.05) is 36.4 Å². The summed E-state index contributed by atoms with van der Waals surface area (Å²) in [7, 11) is 3.39. The topological polar surface area (TPSA) is 184 Å². The van der Waals surface area contributed by atoms with Gasteiger partial charge < -0.3 is 43.5 Å². The highest BCUT2D eigenvalue weighted by Crippen LogP contribution is 2.62. The van der Waals surface area contributed by atoms with Crippen LogP contribution in [0.2, 0.25) is 0 Å². The molecule has 0 aromatic heterocycles. The Kier molecular flexibility index (Phi) is 9.75. The highest BCUT2D eigenvalue weighted by molar-refractivity contribution is 5.90. The number of carbonyl (C=O) groups excluding carboxylic acids is 4. The van der Waals surface area contributed by atoms with Crippen molar-refractivity contribution in [2.75, 3.05) is 20.7 Å². The molecule has 1 saturated heterocycles. The van der Waals surface area contributed by atoms with Crippen molar-refractivity contribution in [1.29, 1.82) is 0 Å². The van der Waals surface area contributed by atoms with E-state index in [1.54, 1.807) is 12.1 Å². The number of likely N-dealkylation sites (tertiary alicyclic amines) is 1. The summed E-state index contributed by atoms with van der Waals surface area (Å²) >= 11 is 0. The molecular weight excluding hydrogens is 642 g/mol. The molecule has 0 unspecified atom stereocenters. The number of benzene rings is 2. The Morgan fingerprint density at radius 2 is 1.59 bits per heavy atom. The van der Waals surface area contributed by atoms with Crippen molar-refractivity contribution in [2.24, 2.45) is 0 Å². The first-order chi connectivity index (χ1) is 23.2. The number of fused-ring (bicyclic) bond motifs is 1. The standard InChI is InChI=1S/C35H39NO13/c1-18-12-13-23(44-6)27-25(18)34-16-17-36(5)19(2)35(34,43)15-14-24(30(34)48-27)47-32(41)28(45-20(3)37)29(46-21(4)38)33(42)49-26(31(39)40)22-10-8-7-9-11-22/h7-14,19,26,28-30,43H,15-17H2,1-6H3,(H,39,40)/t19-,26+,28-,29-,30+,34+,35-/m1/s1. The average Bonchev–Trinajstić information content (AvgIpc) is 3.42. The van der Waals surface area contributed by atoms with Crippen molar-refractivity contribution in [3.8, 4) is 11.5 Å². The van der Waals surface area contributed by atoms with E-state index in [1.165, 1.54) is 37.5 Å². The number of likely N-dealkylation sites (N-methyl/N-ethyl adjacent to an activating group) is 1. The summed E-state index contributed by atoms with van der Waals surface area (Å²) in [6.07, 6.45) is -5.45. The first-order valence-electron chi connectivity index (χ1n) is 15.7. The van der Waals surface area contributed by atoms with E-state index < -0.39 is 65.3 Å². The summed E-state index contributed by atoms with van der Waals surface area (Å²) in [5.74, 6) is -5.71. The molecule has 0 radical (unpaired) electrons. The second-order valence-corrected chi connectivity index (χ2v) is 12.4. The number of rotatable bonds is 10. The first kappa shape index (κ1) is 35.4. The average molecular weight is 682 g/mol. The van der Waals surface area contributed by atoms with Gasteiger partial charge in [0.25, 0.3) is 0 Å². The minimum absolute atomic E-state index is 0.0298. The van der Waals surface area contributed by atoms with E-state index in [1.807, 2.05) is 31.9 Å². The quantitative estimate of drug-likeness (QED) is 0.275. The van der Waals surface area contributed by atoms with Crippen molar-refractivity contribution in [2.45, 2.75) is 82.0 Å². The zero-order chi connectivity index (χ0) is 35.8. The van der Waals surface area contributed by atoms with Gasteiger partial charge in [-0.05, 0) is 51.6 Å². The van der Waals surface area contributed by atoms with E-state index in [-0.39, 0.29) is 23.8 Å². The molecule has 262 valence electrons. The third-order valence-electron chi connectivity index (χ3n) is 9.64. The molecule has 0 amide bonds. The number of aliphatic hydroxyl groups is 1. The zero-order valence-corrected chi connectivity index (χ0v) is 28.0. The molecule has 1 aliphatic carbocycles. The van der Waals surface area contributed by atoms with E-state index >= 15 is 0 Å². The molecule has 2 N–H and O–H groups in total. The number of carboxylic acid groups (broad SMARTS) is 1. The fraction of sp³-hybridized carbons (Fsp3) is 0.457. The predicted octanol–water partition coefficient (Wildman–Crippen LogP) is 2.52. The van der Waals surface area contributed by atoms with Gasteiger partial charge in [0.05, 0.1) is 18.1 Å². The lowest BCUT2D eigenvalue weighted by atomic mass is 9.54. The molecule has 2 aromatic rings. The Labute approximate surface area is 282 Å². The van der Waals surface area contributed by atoms with Gasteiger partial charge in [-0.15, -0.1) is 0 Å². The second-order valence-electron chi connectivity index (χ2n) is 12.4. The number of aliphatic carboxylic acids is 1. The van der Waals surface area contributed by atoms with Crippen molar-refractivity contribution in [3.05, 3.63) is 71.0 Å². The lowest BCUT2D eigenvalue weighted by Gasteiger charge is -2.58. The van der Waals surface area contributed by atoms with Crippen molar-refractivity contribution in [3.63, 3.8) is 0 Å². The molecule has 0 saturated carbocycles. The van der Waals surface area contributed by atoms with Crippen LogP contribution in [0.3, 0.4) is 0 Å². The minimum atomic E-state index is -2.25. The molecule has 14 nitrogen and oxygen atoms in total. The van der Waals surface area contributed by atoms with Gasteiger partial charge in [0.2, 0.25) is 18.3 Å². The summed E-state index contributed by atoms with van der Waals surface area (Å²) in [5.41, 5.74) is -0.904. The predicted molar refractivity (Wildman–Crippen MR) is 168 cm³/mol. The Balaban J connectivity index is 1.53. The third-order valence-corrected chi connectivity index (χ3v) is 9.64. The van der Waals surface area contributed by atoms with Crippen LogP contribution in [-0.4, -0.2) is 95.6 Å². The van der Waals surface area contributed by atoms with Gasteiger partial charge in [0.15, 0.2) is 17.6 Å². The third kappa shape index (κ3) is 6.10. The van der Waals surface area contributed by atoms with Crippen LogP contribution in [0.25, 0.3) is 0 Å². The van der Waals surface area contributed by atoms with Gasteiger partial charge >= 0.3 is 29.8 Å². The van der Waals surface area contributed by atoms with Crippen molar-refractivity contribution < 1.29 is 62.6 Å². The number of carbonyl (C=O) groups is 5. The number of piperidine rings is 1. The molecule has 2 heterocycles. The number of aryl methyl sites for hydroxylation is 1. The summed E-state index contributed by atoms with van der Waals surface area (Å²) in [5, 5.41) is 22.3. The fourth-order valence-electron chi connectivity index (χ4n) is 7.23. The van der Waals surface area contributed by atoms with Gasteiger partial charge in [0, 0.05) is 37.4 Å². The van der Waals surface area contributed by atoms with E-state index in [4.69, 9.17) is 28.4 Å². The Bertz CT molecular complexity index is 1690. The number of ether oxygens (including phenoxy) is 6. The van der Waals surface area contributed by atoms with Gasteiger partial charge in [-0.2, -0.15) is 0 Å². The Morgan fingerprint density at radius 3 is 2.18 bits per heavy atom. The number of hydrogen-bond donors (Lipinski definition) is 2. The maximum absolute atomic E-state index is 14.0. The Hall–Kier alpha value is -4.95. The molecule has 14 heteroatoms. The first-order valence-corrected chi connectivity index (χ1v) is 15.7. The van der Waals surface area contributed by atoms with Gasteiger partial charge in [-0.25, -0.2) is 14.4 Å². The van der Waals surface area contributed by atoms with Gasteiger partial charge in [0.1, 0.15) is 5.76 Å². The largest absolute Gasteiger partial charge is 0.493 e. The molecule has 7 atom stereocenters. The maximum atomic E-state index is 14.0. The van der Waals surface area contributed by atoms with E-state index in [9.17, 15) is 34.2 Å². The van der Waals surface area contributed by atoms with Crippen LogP contribution in [0.5, 0.6) is 11.5 Å². The zero-order valence-electron chi connectivity index (χ0n) is 28.0. The molecule has 49 heavy (non-hydrogen) atoms. The molecule has 1 spiro atoms. The second kappa shape index (κ2) is 13.5. The summed E-state index contributed by atoms with van der Waals surface area (Å²) in [6, 6.07) is 10.7. The van der Waals surface area contributed by atoms with Crippen LogP contribution in [0.4, 0.5) is 0 Å². The summed E-state index contributed by atoms with van der Waals surface area (Å²) in [4.78, 5) is 65.9. The van der Waals surface area contributed by atoms with Crippen LogP contribution >= 0.6 is 0 Å². The van der Waals surface area contributed by atoms with Crippen LogP contribution in [0, 0.1) is 6.92 Å². The van der Waals surface area contributed by atoms with Crippen LogP contribution in [-0.2, 0) is 48.3 Å². The maximum Gasteiger partial charge on any atom is 0.357 e. The number of nitrogens with zero attached hydrogens (tertiary/aromatic N) is 1.